The van der Waals surface area contributed by atoms with Crippen LogP contribution in [0.3, 0.4) is 0 Å². The Kier molecular flexibility index (Phi) is 6.28. The summed E-state index contributed by atoms with van der Waals surface area (Å²) in [4.78, 5) is 26.6. The predicted octanol–water partition coefficient (Wildman–Crippen LogP) is 3.68. The molecule has 0 aliphatic carbocycles. The average Bonchev–Trinajstić information content (AvgIpc) is 2.54. The fourth-order valence-electron chi connectivity index (χ4n) is 2.60. The smallest absolute Gasteiger partial charge is 0.308 e. The highest BCUT2D eigenvalue weighted by Crippen LogP contribution is 2.26. The molecule has 1 aromatic carbocycles. The number of carboxylic acids is 1. The van der Waals surface area contributed by atoms with Gasteiger partial charge < -0.3 is 10.0 Å². The van der Waals surface area contributed by atoms with Crippen LogP contribution in [-0.2, 0) is 4.79 Å². The Morgan fingerprint density at radius 1 is 1.35 bits per heavy atom. The zero-order valence-electron chi connectivity index (χ0n) is 13.6. The van der Waals surface area contributed by atoms with E-state index in [9.17, 15) is 14.7 Å². The number of amides is 1. The molecule has 0 bridgehead atoms. The molecule has 1 amide bonds. The molecular weight excluding hydrogens is 310 g/mol. The van der Waals surface area contributed by atoms with Gasteiger partial charge in [-0.2, -0.15) is 0 Å². The number of allylic oxidation sites excluding steroid dienone is 1. The van der Waals surface area contributed by atoms with Crippen LogP contribution >= 0.6 is 11.8 Å². The molecule has 2 rings (SSSR count). The molecular formula is C18H23NO3S. The largest absolute Gasteiger partial charge is 0.481 e. The van der Waals surface area contributed by atoms with Crippen LogP contribution < -0.4 is 0 Å². The van der Waals surface area contributed by atoms with Crippen molar-refractivity contribution >= 4 is 23.6 Å². The van der Waals surface area contributed by atoms with Gasteiger partial charge in [0.1, 0.15) is 0 Å². The molecule has 23 heavy (non-hydrogen) atoms. The lowest BCUT2D eigenvalue weighted by molar-refractivity contribution is -0.143. The normalized spacial score (nSPS) is 17.7. The molecule has 5 heteroatoms. The maximum Gasteiger partial charge on any atom is 0.308 e. The monoisotopic (exact) mass is 333 g/mol. The van der Waals surface area contributed by atoms with Crippen LogP contribution in [0.5, 0.6) is 0 Å². The number of likely N-dealkylation sites (tertiary alicyclic amines) is 1. The van der Waals surface area contributed by atoms with Crippen molar-refractivity contribution in [2.24, 2.45) is 5.92 Å². The highest BCUT2D eigenvalue weighted by Gasteiger charge is 2.29. The van der Waals surface area contributed by atoms with Crippen LogP contribution in [0.1, 0.15) is 37.0 Å². The van der Waals surface area contributed by atoms with Crippen molar-refractivity contribution in [3.05, 3.63) is 41.5 Å². The van der Waals surface area contributed by atoms with Crippen molar-refractivity contribution < 1.29 is 14.7 Å². The van der Waals surface area contributed by atoms with E-state index in [-0.39, 0.29) is 5.91 Å². The van der Waals surface area contributed by atoms with Crippen LogP contribution in [-0.4, -0.2) is 40.7 Å². The summed E-state index contributed by atoms with van der Waals surface area (Å²) in [5, 5.41) is 9.18. The first-order valence-electron chi connectivity index (χ1n) is 7.86. The zero-order valence-corrected chi connectivity index (χ0v) is 14.4. The molecule has 4 nitrogen and oxygen atoms in total. The minimum absolute atomic E-state index is 0.0590. The molecule has 0 saturated carbocycles. The number of carbonyl (C=O) groups excluding carboxylic acids is 1. The molecule has 1 aromatic rings. The van der Waals surface area contributed by atoms with Gasteiger partial charge in [0.15, 0.2) is 0 Å². The van der Waals surface area contributed by atoms with Crippen LogP contribution in [0.2, 0.25) is 0 Å². The Balaban J connectivity index is 2.12. The SMILES string of the molecule is CC(C)=CCSc1ccccc1C(=O)N1CCCC(C(=O)O)C1. The number of piperidine rings is 1. The topological polar surface area (TPSA) is 57.6 Å². The van der Waals surface area contributed by atoms with Crippen molar-refractivity contribution in [2.45, 2.75) is 31.6 Å². The van der Waals surface area contributed by atoms with Crippen LogP contribution in [0.4, 0.5) is 0 Å². The second-order valence-corrected chi connectivity index (χ2v) is 7.08. The number of hydrogen-bond donors (Lipinski definition) is 1. The third-order valence-corrected chi connectivity index (χ3v) is 4.91. The van der Waals surface area contributed by atoms with E-state index in [0.717, 1.165) is 17.1 Å². The molecule has 1 aliphatic heterocycles. The fourth-order valence-corrected chi connectivity index (χ4v) is 3.68. The number of rotatable bonds is 5. The van der Waals surface area contributed by atoms with E-state index < -0.39 is 11.9 Å². The van der Waals surface area contributed by atoms with Crippen molar-refractivity contribution in [1.29, 1.82) is 0 Å². The standard InChI is InChI=1S/C18H23NO3S/c1-13(2)9-11-23-16-8-4-3-7-15(16)17(20)19-10-5-6-14(12-19)18(21)22/h3-4,7-9,14H,5-6,10-12H2,1-2H3,(H,21,22). The Labute approximate surface area is 141 Å². The molecule has 1 heterocycles. The summed E-state index contributed by atoms with van der Waals surface area (Å²) in [5.41, 5.74) is 1.92. The van der Waals surface area contributed by atoms with Gasteiger partial charge >= 0.3 is 5.97 Å². The first-order chi connectivity index (χ1) is 11.0. The van der Waals surface area contributed by atoms with Crippen molar-refractivity contribution in [2.75, 3.05) is 18.8 Å². The van der Waals surface area contributed by atoms with E-state index >= 15 is 0 Å². The van der Waals surface area contributed by atoms with E-state index in [0.29, 0.717) is 25.1 Å². The minimum atomic E-state index is -0.811. The van der Waals surface area contributed by atoms with E-state index in [1.807, 2.05) is 24.3 Å². The van der Waals surface area contributed by atoms with Gasteiger partial charge in [0, 0.05) is 23.7 Å². The zero-order chi connectivity index (χ0) is 16.8. The van der Waals surface area contributed by atoms with Crippen LogP contribution in [0.15, 0.2) is 40.8 Å². The van der Waals surface area contributed by atoms with E-state index in [1.165, 1.54) is 5.57 Å². The summed E-state index contributed by atoms with van der Waals surface area (Å²) >= 11 is 1.63. The number of nitrogens with zero attached hydrogens (tertiary/aromatic N) is 1. The molecule has 1 atom stereocenters. The third kappa shape index (κ3) is 4.86. The molecule has 1 saturated heterocycles. The van der Waals surface area contributed by atoms with E-state index in [1.54, 1.807) is 16.7 Å². The van der Waals surface area contributed by atoms with Gasteiger partial charge in [-0.05, 0) is 38.8 Å². The maximum atomic E-state index is 12.8. The van der Waals surface area contributed by atoms with Crippen LogP contribution in [0, 0.1) is 5.92 Å². The molecule has 1 aliphatic rings. The molecule has 1 N–H and O–H groups in total. The summed E-state index contributed by atoms with van der Waals surface area (Å²) in [6.45, 7) is 5.05. The lowest BCUT2D eigenvalue weighted by Gasteiger charge is -2.31. The lowest BCUT2D eigenvalue weighted by atomic mass is 9.97. The second kappa shape index (κ2) is 8.20. The summed E-state index contributed by atoms with van der Waals surface area (Å²) in [6.07, 6.45) is 3.53. The number of hydrogen-bond acceptors (Lipinski definition) is 3. The van der Waals surface area contributed by atoms with Gasteiger partial charge in [0.2, 0.25) is 0 Å². The molecule has 1 fully saturated rings. The molecule has 0 aromatic heterocycles. The molecule has 0 spiro atoms. The summed E-state index contributed by atoms with van der Waals surface area (Å²) < 4.78 is 0. The Bertz CT molecular complexity index is 608. The van der Waals surface area contributed by atoms with Gasteiger partial charge in [-0.1, -0.05) is 23.8 Å². The molecule has 1 unspecified atom stereocenters. The first-order valence-corrected chi connectivity index (χ1v) is 8.85. The number of benzene rings is 1. The fraction of sp³-hybridized carbons (Fsp3) is 0.444. The maximum absolute atomic E-state index is 12.8. The van der Waals surface area contributed by atoms with Crippen molar-refractivity contribution in [3.8, 4) is 0 Å². The van der Waals surface area contributed by atoms with Gasteiger partial charge in [0.05, 0.1) is 11.5 Å². The summed E-state index contributed by atoms with van der Waals surface area (Å²) in [7, 11) is 0. The number of thioether (sulfide) groups is 1. The predicted molar refractivity (Wildman–Crippen MR) is 92.9 cm³/mol. The van der Waals surface area contributed by atoms with Crippen LogP contribution in [0.25, 0.3) is 0 Å². The molecule has 0 radical (unpaired) electrons. The quantitative estimate of drug-likeness (QED) is 0.659. The highest BCUT2D eigenvalue weighted by molar-refractivity contribution is 7.99. The van der Waals surface area contributed by atoms with E-state index in [4.69, 9.17) is 0 Å². The Morgan fingerprint density at radius 3 is 2.78 bits per heavy atom. The summed E-state index contributed by atoms with van der Waals surface area (Å²) in [6, 6.07) is 7.57. The van der Waals surface area contributed by atoms with Gasteiger partial charge in [-0.3, -0.25) is 9.59 Å². The van der Waals surface area contributed by atoms with Gasteiger partial charge in [0.25, 0.3) is 5.91 Å². The second-order valence-electron chi connectivity index (χ2n) is 6.02. The number of carbonyl (C=O) groups is 2. The van der Waals surface area contributed by atoms with Crippen molar-refractivity contribution in [1.82, 2.24) is 4.90 Å². The number of carboxylic acid groups (broad SMARTS) is 1. The lowest BCUT2D eigenvalue weighted by Crippen LogP contribution is -2.42. The Hall–Kier alpha value is -1.75. The Morgan fingerprint density at radius 2 is 2.09 bits per heavy atom. The van der Waals surface area contributed by atoms with Crippen molar-refractivity contribution in [3.63, 3.8) is 0 Å². The average molecular weight is 333 g/mol. The van der Waals surface area contributed by atoms with E-state index in [2.05, 4.69) is 19.9 Å². The molecule has 124 valence electrons. The minimum Gasteiger partial charge on any atom is -0.481 e. The number of aliphatic carboxylic acids is 1. The third-order valence-electron chi connectivity index (χ3n) is 3.91. The van der Waals surface area contributed by atoms with Gasteiger partial charge in [-0.25, -0.2) is 0 Å². The highest BCUT2D eigenvalue weighted by atomic mass is 32.2. The first kappa shape index (κ1) is 17.6. The summed E-state index contributed by atoms with van der Waals surface area (Å²) in [5.74, 6) is -0.493. The van der Waals surface area contributed by atoms with Gasteiger partial charge in [-0.15, -0.1) is 11.8 Å².